The van der Waals surface area contributed by atoms with E-state index in [9.17, 15) is 39.7 Å². The molecule has 1 N–H and O–H groups in total. The molecule has 12 heteroatoms. The van der Waals surface area contributed by atoms with E-state index in [-0.39, 0.29) is 6.42 Å². The highest BCUT2D eigenvalue weighted by Gasteiger charge is 2.33. The Morgan fingerprint density at radius 2 is 1.15 bits per heavy atom. The maximum Gasteiger partial charge on any atom is 0.417 e. The summed E-state index contributed by atoms with van der Waals surface area (Å²) in [5, 5.41) is 0. The van der Waals surface area contributed by atoms with Gasteiger partial charge in [-0.25, -0.2) is 13.3 Å². The molecule has 39 heavy (non-hydrogen) atoms. The number of allylic oxidation sites excluding steroid dienone is 1. The quantitative estimate of drug-likeness (QED) is 0.209. The molecule has 1 atom stereocenters. The van der Waals surface area contributed by atoms with Crippen LogP contribution in [0, 0.1) is 0 Å². The lowest BCUT2D eigenvalue weighted by atomic mass is 10.2. The molecule has 0 saturated heterocycles. The van der Waals surface area contributed by atoms with E-state index < -0.39 is 39.4 Å². The fourth-order valence-corrected chi connectivity index (χ4v) is 3.61. The van der Waals surface area contributed by atoms with E-state index in [2.05, 4.69) is 95.7 Å². The molecule has 3 rings (SSSR count). The number of halogens is 5. The Bertz CT molecular complexity index is 1190. The fraction of sp³-hybridized carbons (Fsp3) is 0.222. The van der Waals surface area contributed by atoms with E-state index in [0.29, 0.717) is 6.92 Å². The number of benzene rings is 3. The average Bonchev–Trinajstić information content (AvgIpc) is 2.88. The molecule has 0 bridgehead atoms. The van der Waals surface area contributed by atoms with E-state index >= 15 is 0 Å². The highest BCUT2D eigenvalue weighted by molar-refractivity contribution is 7.86. The van der Waals surface area contributed by atoms with Crippen LogP contribution < -0.4 is 4.90 Å². The first-order valence-electron chi connectivity index (χ1n) is 11.4. The minimum Gasteiger partial charge on any atom is -0.745 e. The van der Waals surface area contributed by atoms with Gasteiger partial charge in [-0.05, 0) is 49.7 Å². The van der Waals surface area contributed by atoms with Gasteiger partial charge in [0.05, 0.1) is 5.57 Å². The van der Waals surface area contributed by atoms with Crippen LogP contribution in [-0.2, 0) is 19.6 Å². The number of carbonyl (C=O) groups is 1. The first-order valence-corrected chi connectivity index (χ1v) is 12.9. The second-order valence-electron chi connectivity index (χ2n) is 7.80. The van der Waals surface area contributed by atoms with Crippen molar-refractivity contribution in [3.8, 4) is 0 Å². The van der Waals surface area contributed by atoms with Gasteiger partial charge in [0.2, 0.25) is 0 Å². The van der Waals surface area contributed by atoms with Gasteiger partial charge in [-0.2, -0.15) is 22.0 Å². The number of carbonyl (C=O) groups excluding carboxylic acids is 1. The second kappa shape index (κ2) is 15.7. The SMILES string of the molecule is CC(=C(F)F)C(F)(F)F.CCC(OC(C)=O)S(=O)(=O)[O-].c1ccc([NH+](c2ccccc2)c2ccccc2)cc1. The zero-order valence-electron chi connectivity index (χ0n) is 21.3. The van der Waals surface area contributed by atoms with Crippen LogP contribution in [0.4, 0.5) is 39.0 Å². The third-order valence-electron chi connectivity index (χ3n) is 4.85. The van der Waals surface area contributed by atoms with Crippen LogP contribution in [0.5, 0.6) is 0 Å². The molecule has 0 fully saturated rings. The molecular weight excluding hydrogens is 545 g/mol. The predicted molar refractivity (Wildman–Crippen MR) is 136 cm³/mol. The van der Waals surface area contributed by atoms with Crippen LogP contribution >= 0.6 is 0 Å². The summed E-state index contributed by atoms with van der Waals surface area (Å²) in [5.74, 6) is -0.767. The van der Waals surface area contributed by atoms with Crippen LogP contribution in [0.25, 0.3) is 0 Å². The molecule has 212 valence electrons. The Morgan fingerprint density at radius 1 is 0.821 bits per heavy atom. The number of esters is 1. The van der Waals surface area contributed by atoms with Gasteiger partial charge in [-0.3, -0.25) is 4.79 Å². The predicted octanol–water partition coefficient (Wildman–Crippen LogP) is 6.42. The van der Waals surface area contributed by atoms with Crippen molar-refractivity contribution >= 4 is 33.1 Å². The highest BCUT2D eigenvalue weighted by Crippen LogP contribution is 2.28. The fourth-order valence-electron chi connectivity index (χ4n) is 2.95. The van der Waals surface area contributed by atoms with Crippen molar-refractivity contribution in [2.24, 2.45) is 0 Å². The monoisotopic (exact) mass is 573 g/mol. The normalized spacial score (nSPS) is 11.7. The Kier molecular flexibility index (Phi) is 13.5. The lowest BCUT2D eigenvalue weighted by Gasteiger charge is -2.18. The second-order valence-corrected chi connectivity index (χ2v) is 9.31. The number of alkyl halides is 3. The van der Waals surface area contributed by atoms with E-state index in [1.807, 2.05) is 0 Å². The Morgan fingerprint density at radius 3 is 1.31 bits per heavy atom. The smallest absolute Gasteiger partial charge is 0.417 e. The van der Waals surface area contributed by atoms with Crippen LogP contribution in [0.2, 0.25) is 0 Å². The molecule has 0 aliphatic rings. The van der Waals surface area contributed by atoms with Crippen molar-refractivity contribution in [2.75, 3.05) is 0 Å². The molecule has 0 spiro atoms. The molecule has 6 nitrogen and oxygen atoms in total. The summed E-state index contributed by atoms with van der Waals surface area (Å²) in [5.41, 5.74) is 0.377. The summed E-state index contributed by atoms with van der Waals surface area (Å²) < 4.78 is 90.7. The molecule has 3 aromatic rings. The number of rotatable bonds is 6. The molecule has 0 heterocycles. The van der Waals surface area contributed by atoms with Gasteiger partial charge in [0.1, 0.15) is 27.2 Å². The van der Waals surface area contributed by atoms with E-state index in [0.717, 1.165) is 6.92 Å². The van der Waals surface area contributed by atoms with Crippen molar-refractivity contribution in [1.29, 1.82) is 0 Å². The topological polar surface area (TPSA) is 87.9 Å². The van der Waals surface area contributed by atoms with Gasteiger partial charge >= 0.3 is 12.1 Å². The minimum absolute atomic E-state index is 0.0224. The molecule has 0 aliphatic carbocycles. The maximum absolute atomic E-state index is 11.2. The maximum atomic E-state index is 11.2. The molecule has 0 aliphatic heterocycles. The molecule has 0 radical (unpaired) electrons. The minimum atomic E-state index is -4.89. The molecule has 0 aromatic heterocycles. The van der Waals surface area contributed by atoms with Gasteiger partial charge in [0, 0.05) is 6.92 Å². The summed E-state index contributed by atoms with van der Waals surface area (Å²) in [6.45, 7) is 2.83. The first-order chi connectivity index (χ1) is 18.2. The Labute approximate surface area is 224 Å². The number of hydrogen-bond donors (Lipinski definition) is 1. The first kappa shape index (κ1) is 33.4. The molecule has 0 saturated carbocycles. The van der Waals surface area contributed by atoms with Crippen molar-refractivity contribution in [1.82, 2.24) is 0 Å². The van der Waals surface area contributed by atoms with Gasteiger partial charge < -0.3 is 9.29 Å². The Balaban J connectivity index is 0.000000326. The van der Waals surface area contributed by atoms with Crippen molar-refractivity contribution in [3.05, 3.63) is 103 Å². The molecule has 0 amide bonds. The van der Waals surface area contributed by atoms with Gasteiger partial charge in [0.25, 0.3) is 6.08 Å². The van der Waals surface area contributed by atoms with Crippen LogP contribution in [0.1, 0.15) is 27.2 Å². The zero-order chi connectivity index (χ0) is 29.6. The van der Waals surface area contributed by atoms with Crippen LogP contribution in [-0.4, -0.2) is 30.6 Å². The summed E-state index contributed by atoms with van der Waals surface area (Å²) in [6, 6.07) is 31.6. The molecule has 1 unspecified atom stereocenters. The van der Waals surface area contributed by atoms with Gasteiger partial charge in [-0.15, -0.1) is 0 Å². The highest BCUT2D eigenvalue weighted by atomic mass is 32.2. The van der Waals surface area contributed by atoms with E-state index in [1.54, 1.807) is 0 Å². The zero-order valence-corrected chi connectivity index (χ0v) is 22.1. The number of nitrogens with one attached hydrogen (secondary N) is 1. The largest absolute Gasteiger partial charge is 0.745 e. The summed E-state index contributed by atoms with van der Waals surface area (Å²) >= 11 is 0. The summed E-state index contributed by atoms with van der Waals surface area (Å²) in [6.07, 6.45) is -7.59. The number of hydrogen-bond acceptors (Lipinski definition) is 5. The van der Waals surface area contributed by atoms with Gasteiger partial charge in [-0.1, -0.05) is 61.5 Å². The Hall–Kier alpha value is -3.61. The van der Waals surface area contributed by atoms with Crippen LogP contribution in [0.3, 0.4) is 0 Å². The number of quaternary nitrogens is 1. The van der Waals surface area contributed by atoms with E-state index in [1.165, 1.54) is 28.9 Å². The lowest BCUT2D eigenvalue weighted by Crippen LogP contribution is -2.96. The van der Waals surface area contributed by atoms with Crippen molar-refractivity contribution in [3.63, 3.8) is 0 Å². The van der Waals surface area contributed by atoms with E-state index in [4.69, 9.17) is 0 Å². The standard InChI is InChI=1S/C18H15N.C5H10O5S.C4H3F5/c1-4-10-16(11-5-1)19(17-12-6-2-7-13-17)18-14-8-3-9-15-18;1-3-5(10-4(2)6)11(7,8)9;1-2(3(5)6)4(7,8)9/h1-15H;5H,3H2,1-2H3,(H,7,8,9);1H3. The number of para-hydroxylation sites is 3. The average molecular weight is 574 g/mol. The third-order valence-corrected chi connectivity index (χ3v) is 5.92. The van der Waals surface area contributed by atoms with Crippen molar-refractivity contribution in [2.45, 2.75) is 38.8 Å². The summed E-state index contributed by atoms with van der Waals surface area (Å²) in [4.78, 5) is 11.5. The van der Waals surface area contributed by atoms with Crippen molar-refractivity contribution < 1.29 is 49.4 Å². The summed E-state index contributed by atoms with van der Waals surface area (Å²) in [7, 11) is -4.50. The third kappa shape index (κ3) is 12.2. The van der Waals surface area contributed by atoms with Crippen LogP contribution in [0.15, 0.2) is 103 Å². The van der Waals surface area contributed by atoms with Gasteiger partial charge in [0.15, 0.2) is 5.44 Å². The molecule has 3 aromatic carbocycles. The number of ether oxygens (including phenoxy) is 1. The molecular formula is C27H28F5NO5S. The lowest BCUT2D eigenvalue weighted by molar-refractivity contribution is -0.681.